The van der Waals surface area contributed by atoms with E-state index < -0.39 is 11.6 Å². The lowest BCUT2D eigenvalue weighted by atomic mass is 9.86. The molecular formula is C23H20N2O6. The second-order valence-electron chi connectivity index (χ2n) is 8.11. The zero-order chi connectivity index (χ0) is 22.1. The summed E-state index contributed by atoms with van der Waals surface area (Å²) in [4.78, 5) is 41.8. The number of aromatic nitrogens is 2. The molecule has 2 aromatic heterocycles. The van der Waals surface area contributed by atoms with Crippen molar-refractivity contribution >= 4 is 22.7 Å². The topological polar surface area (TPSA) is 119 Å². The fourth-order valence-corrected chi connectivity index (χ4v) is 4.53. The number of cyclic esters (lactones) is 1. The Kier molecular flexibility index (Phi) is 4.07. The number of nitrogens with zero attached hydrogens (tertiary/aromatic N) is 2. The smallest absolute Gasteiger partial charge is 0.343 e. The number of ketones is 1. The van der Waals surface area contributed by atoms with E-state index in [-0.39, 0.29) is 54.2 Å². The summed E-state index contributed by atoms with van der Waals surface area (Å²) >= 11 is 0. The predicted molar refractivity (Wildman–Crippen MR) is 111 cm³/mol. The van der Waals surface area contributed by atoms with Crippen LogP contribution in [0.15, 0.2) is 29.1 Å². The Labute approximate surface area is 176 Å². The first-order chi connectivity index (χ1) is 14.7. The van der Waals surface area contributed by atoms with Gasteiger partial charge in [0, 0.05) is 28.5 Å². The number of benzene rings is 1. The lowest BCUT2D eigenvalue weighted by Gasteiger charge is -2.31. The van der Waals surface area contributed by atoms with Gasteiger partial charge in [-0.2, -0.15) is 0 Å². The summed E-state index contributed by atoms with van der Waals surface area (Å²) in [5, 5.41) is 21.8. The maximum atomic E-state index is 13.2. The lowest BCUT2D eigenvalue weighted by molar-refractivity contribution is -0.172. The van der Waals surface area contributed by atoms with Crippen molar-refractivity contribution in [2.75, 3.05) is 0 Å². The van der Waals surface area contributed by atoms with E-state index in [0.717, 1.165) is 5.56 Å². The van der Waals surface area contributed by atoms with Gasteiger partial charge in [0.05, 0.1) is 29.0 Å². The third kappa shape index (κ3) is 2.64. The summed E-state index contributed by atoms with van der Waals surface area (Å²) in [7, 11) is 0. The summed E-state index contributed by atoms with van der Waals surface area (Å²) in [6.45, 7) is 3.19. The van der Waals surface area contributed by atoms with Crippen LogP contribution in [0.1, 0.15) is 42.5 Å². The number of fused-ring (bicyclic) bond motifs is 5. The molecule has 0 saturated carbocycles. The van der Waals surface area contributed by atoms with Crippen LogP contribution < -0.4 is 5.56 Å². The monoisotopic (exact) mass is 420 g/mol. The molecule has 1 aromatic carbocycles. The minimum Gasteiger partial charge on any atom is -0.508 e. The Morgan fingerprint density at radius 3 is 2.77 bits per heavy atom. The third-order valence-corrected chi connectivity index (χ3v) is 6.20. The van der Waals surface area contributed by atoms with Crippen molar-refractivity contribution in [3.8, 4) is 17.1 Å². The van der Waals surface area contributed by atoms with Gasteiger partial charge < -0.3 is 19.5 Å². The van der Waals surface area contributed by atoms with Crippen LogP contribution in [0.5, 0.6) is 5.75 Å². The summed E-state index contributed by atoms with van der Waals surface area (Å²) < 4.78 is 6.63. The molecule has 4 heterocycles. The summed E-state index contributed by atoms with van der Waals surface area (Å²) in [5.74, 6) is -0.823. The molecule has 0 radical (unpaired) electrons. The Morgan fingerprint density at radius 1 is 1.29 bits per heavy atom. The SMILES string of the molecule is CC[C@@]1(O)C(=O)OCc2c1cc1n(c2=O)Cc2cc3c(CC(C)=O)c(O)ccc3nc2-1. The molecule has 0 aliphatic carbocycles. The number of aliphatic hydroxyl groups is 1. The van der Waals surface area contributed by atoms with Gasteiger partial charge >= 0.3 is 5.97 Å². The molecule has 1 atom stereocenters. The van der Waals surface area contributed by atoms with Crippen molar-refractivity contribution in [3.63, 3.8) is 0 Å². The summed E-state index contributed by atoms with van der Waals surface area (Å²) in [6.07, 6.45) is 0.154. The first-order valence-electron chi connectivity index (χ1n) is 10.1. The molecule has 8 nitrogen and oxygen atoms in total. The highest BCUT2D eigenvalue weighted by molar-refractivity contribution is 5.92. The second-order valence-corrected chi connectivity index (χ2v) is 8.11. The normalized spacial score (nSPS) is 19.0. The first kappa shape index (κ1) is 19.4. The highest BCUT2D eigenvalue weighted by atomic mass is 16.6. The van der Waals surface area contributed by atoms with Crippen molar-refractivity contribution < 1.29 is 24.5 Å². The lowest BCUT2D eigenvalue weighted by Crippen LogP contribution is -2.44. The van der Waals surface area contributed by atoms with E-state index in [9.17, 15) is 24.6 Å². The number of rotatable bonds is 3. The molecule has 0 amide bonds. The van der Waals surface area contributed by atoms with Gasteiger partial charge in [0.15, 0.2) is 5.60 Å². The van der Waals surface area contributed by atoms with Crippen LogP contribution in [-0.2, 0) is 39.5 Å². The number of hydrogen-bond donors (Lipinski definition) is 2. The molecule has 2 aliphatic rings. The standard InChI is InChI=1S/C23H20N2O6/c1-3-23(30)16-8-18-20-12(9-25(18)21(28)15(16)10-31-22(23)29)7-13-14(6-11(2)26)19(27)5-4-17(13)24-20/h4-5,7-8,27,30H,3,6,9-10H2,1-2H3/t23-/m0/s1. The molecule has 0 fully saturated rings. The van der Waals surface area contributed by atoms with Gasteiger partial charge in [-0.05, 0) is 37.6 Å². The molecule has 158 valence electrons. The Bertz CT molecular complexity index is 1370. The number of aromatic hydroxyl groups is 1. The van der Waals surface area contributed by atoms with Crippen LogP contribution in [-0.4, -0.2) is 31.5 Å². The van der Waals surface area contributed by atoms with Crippen molar-refractivity contribution in [1.29, 1.82) is 0 Å². The maximum absolute atomic E-state index is 13.2. The van der Waals surface area contributed by atoms with Gasteiger partial charge in [0.2, 0.25) is 0 Å². The Balaban J connectivity index is 1.76. The van der Waals surface area contributed by atoms with Gasteiger partial charge in [-0.15, -0.1) is 0 Å². The maximum Gasteiger partial charge on any atom is 0.343 e. The number of phenolic OH excluding ortho intramolecular Hbond substituents is 1. The number of Topliss-reactive ketones (excluding diaryl/α,β-unsaturated/α-hetero) is 1. The zero-order valence-electron chi connectivity index (χ0n) is 17.1. The molecule has 8 heteroatoms. The average Bonchev–Trinajstić information content (AvgIpc) is 3.10. The molecule has 2 N–H and O–H groups in total. The van der Waals surface area contributed by atoms with Gasteiger partial charge in [0.25, 0.3) is 5.56 Å². The van der Waals surface area contributed by atoms with Crippen LogP contribution >= 0.6 is 0 Å². The molecule has 0 spiro atoms. The van der Waals surface area contributed by atoms with E-state index in [4.69, 9.17) is 9.72 Å². The van der Waals surface area contributed by atoms with Crippen molar-refractivity contribution in [3.05, 3.63) is 56.9 Å². The molecule has 0 saturated heterocycles. The van der Waals surface area contributed by atoms with Crippen molar-refractivity contribution in [2.24, 2.45) is 0 Å². The van der Waals surface area contributed by atoms with Gasteiger partial charge in [-0.3, -0.25) is 9.59 Å². The fraction of sp³-hybridized carbons (Fsp3) is 0.304. The molecular weight excluding hydrogens is 400 g/mol. The quantitative estimate of drug-likeness (QED) is 0.486. The predicted octanol–water partition coefficient (Wildman–Crippen LogP) is 1.92. The third-order valence-electron chi connectivity index (χ3n) is 6.20. The highest BCUT2D eigenvalue weighted by Crippen LogP contribution is 2.39. The van der Waals surface area contributed by atoms with Crippen LogP contribution in [0.4, 0.5) is 0 Å². The highest BCUT2D eigenvalue weighted by Gasteiger charge is 2.45. The molecule has 5 rings (SSSR count). The van der Waals surface area contributed by atoms with Crippen LogP contribution in [0.3, 0.4) is 0 Å². The summed E-state index contributed by atoms with van der Waals surface area (Å²) in [5.41, 5.74) is 1.25. The van der Waals surface area contributed by atoms with E-state index in [2.05, 4.69) is 0 Å². The van der Waals surface area contributed by atoms with E-state index in [1.807, 2.05) is 6.07 Å². The van der Waals surface area contributed by atoms with Crippen LogP contribution in [0.25, 0.3) is 22.3 Å². The van der Waals surface area contributed by atoms with E-state index >= 15 is 0 Å². The van der Waals surface area contributed by atoms with Crippen molar-refractivity contribution in [1.82, 2.24) is 9.55 Å². The number of pyridine rings is 2. The van der Waals surface area contributed by atoms with Gasteiger partial charge in [-0.25, -0.2) is 9.78 Å². The number of carbonyl (C=O) groups excluding carboxylic acids is 2. The molecule has 31 heavy (non-hydrogen) atoms. The molecule has 3 aromatic rings. The van der Waals surface area contributed by atoms with E-state index in [1.54, 1.807) is 23.6 Å². The molecule has 2 aliphatic heterocycles. The van der Waals surface area contributed by atoms with Gasteiger partial charge in [-0.1, -0.05) is 6.92 Å². The first-order valence-corrected chi connectivity index (χ1v) is 10.1. The average molecular weight is 420 g/mol. The van der Waals surface area contributed by atoms with Crippen LogP contribution in [0.2, 0.25) is 0 Å². The fourth-order valence-electron chi connectivity index (χ4n) is 4.53. The largest absolute Gasteiger partial charge is 0.508 e. The van der Waals surface area contributed by atoms with E-state index in [0.29, 0.717) is 27.9 Å². The minimum absolute atomic E-state index is 0.0243. The Hall–Kier alpha value is -3.52. The number of carbonyl (C=O) groups is 2. The number of phenols is 1. The minimum atomic E-state index is -1.87. The Morgan fingerprint density at radius 2 is 2.06 bits per heavy atom. The number of ether oxygens (including phenoxy) is 1. The number of esters is 1. The second kappa shape index (κ2) is 6.49. The van der Waals surface area contributed by atoms with Crippen LogP contribution in [0, 0.1) is 0 Å². The van der Waals surface area contributed by atoms with Gasteiger partial charge in [0.1, 0.15) is 18.1 Å². The summed E-state index contributed by atoms with van der Waals surface area (Å²) in [6, 6.07) is 6.66. The van der Waals surface area contributed by atoms with E-state index in [1.165, 1.54) is 13.0 Å². The van der Waals surface area contributed by atoms with Crippen molar-refractivity contribution in [2.45, 2.75) is 45.4 Å². The molecule has 0 bridgehead atoms. The zero-order valence-corrected chi connectivity index (χ0v) is 17.1. The number of hydrogen-bond acceptors (Lipinski definition) is 7. The molecule has 0 unspecified atom stereocenters.